The van der Waals surface area contributed by atoms with Crippen molar-refractivity contribution < 1.29 is 30.2 Å². The van der Waals surface area contributed by atoms with Crippen LogP contribution in [0.5, 0.6) is 0 Å². The van der Waals surface area contributed by atoms with Crippen LogP contribution in [0, 0.1) is 5.41 Å². The molecule has 31 heavy (non-hydrogen) atoms. The van der Waals surface area contributed by atoms with Crippen molar-refractivity contribution in [3.05, 3.63) is 0 Å². The predicted octanol–water partition coefficient (Wildman–Crippen LogP) is 1.10. The van der Waals surface area contributed by atoms with Crippen molar-refractivity contribution in [2.24, 2.45) is 5.41 Å². The minimum atomic E-state index is -0.796. The van der Waals surface area contributed by atoms with E-state index in [1.54, 1.807) is 0 Å². The van der Waals surface area contributed by atoms with E-state index in [1.165, 1.54) is 0 Å². The molecule has 0 atom stereocenters. The average molecular weight is 449 g/mol. The van der Waals surface area contributed by atoms with Gasteiger partial charge in [0.05, 0.1) is 19.8 Å². The molecule has 1 rings (SSSR count). The van der Waals surface area contributed by atoms with Crippen LogP contribution >= 0.6 is 0 Å². The first-order valence-electron chi connectivity index (χ1n) is 11.4. The molecule has 3 N–H and O–H groups in total. The molecule has 0 aromatic carbocycles. The first-order chi connectivity index (χ1) is 14.7. The van der Waals surface area contributed by atoms with Gasteiger partial charge in [0.15, 0.2) is 0 Å². The smallest absolute Gasteiger partial charge is 0.317 e. The maximum Gasteiger partial charge on any atom is 0.317 e. The molecular weight excluding hydrogens is 404 g/mol. The molecule has 1 saturated heterocycles. The van der Waals surface area contributed by atoms with Crippen LogP contribution in [-0.4, -0.2) is 133 Å². The second-order valence-corrected chi connectivity index (χ2v) is 9.56. The Morgan fingerprint density at radius 2 is 1.16 bits per heavy atom. The standard InChI is InChI=1S/C21H44N4O6/c1-21(2,3)19-25-9-5-7-23(15-17-31-29)11-10-22(14-16-30-28)6-4-8-24(12-13-25)18-20(26)27/h28-29H,4-19H2,1-3H3,(H,26,27). The summed E-state index contributed by atoms with van der Waals surface area (Å²) in [7, 11) is 0. The third-order valence-electron chi connectivity index (χ3n) is 5.42. The van der Waals surface area contributed by atoms with Gasteiger partial charge < -0.3 is 10.0 Å². The molecule has 0 aromatic heterocycles. The Bertz CT molecular complexity index is 477. The highest BCUT2D eigenvalue weighted by atomic mass is 17.1. The quantitative estimate of drug-likeness (QED) is 0.350. The summed E-state index contributed by atoms with van der Waals surface area (Å²) in [5.74, 6) is -0.796. The second kappa shape index (κ2) is 15.9. The number of hydrogen-bond acceptors (Lipinski definition) is 9. The Balaban J connectivity index is 2.84. The Morgan fingerprint density at radius 1 is 0.742 bits per heavy atom. The Kier molecular flexibility index (Phi) is 14.4. The number of aliphatic carboxylic acids is 1. The van der Waals surface area contributed by atoms with Gasteiger partial charge in [0.1, 0.15) is 0 Å². The molecule has 0 aliphatic carbocycles. The molecule has 0 spiro atoms. The molecule has 0 unspecified atom stereocenters. The van der Waals surface area contributed by atoms with Crippen LogP contribution in [-0.2, 0) is 14.6 Å². The lowest BCUT2D eigenvalue weighted by Crippen LogP contribution is -2.44. The van der Waals surface area contributed by atoms with Gasteiger partial charge >= 0.3 is 5.97 Å². The summed E-state index contributed by atoms with van der Waals surface area (Å²) in [6, 6.07) is 0. The zero-order valence-electron chi connectivity index (χ0n) is 19.7. The van der Waals surface area contributed by atoms with E-state index in [2.05, 4.69) is 45.2 Å². The van der Waals surface area contributed by atoms with Gasteiger partial charge in [0.2, 0.25) is 0 Å². The Labute approximate surface area is 187 Å². The second-order valence-electron chi connectivity index (χ2n) is 9.56. The van der Waals surface area contributed by atoms with E-state index in [1.807, 2.05) is 4.90 Å². The summed E-state index contributed by atoms with van der Waals surface area (Å²) in [6.07, 6.45) is 1.83. The van der Waals surface area contributed by atoms with Gasteiger partial charge in [-0.15, -0.1) is 0 Å². The van der Waals surface area contributed by atoms with Crippen LogP contribution < -0.4 is 0 Å². The largest absolute Gasteiger partial charge is 0.480 e. The van der Waals surface area contributed by atoms with Crippen molar-refractivity contribution in [2.75, 3.05) is 91.8 Å². The maximum absolute atomic E-state index is 11.3. The molecule has 10 heteroatoms. The summed E-state index contributed by atoms with van der Waals surface area (Å²) in [4.78, 5) is 28.9. The summed E-state index contributed by atoms with van der Waals surface area (Å²) >= 11 is 0. The van der Waals surface area contributed by atoms with E-state index in [0.29, 0.717) is 19.6 Å². The lowest BCUT2D eigenvalue weighted by atomic mass is 9.96. The maximum atomic E-state index is 11.3. The number of nitrogens with zero attached hydrogens (tertiary/aromatic N) is 4. The molecule has 184 valence electrons. The summed E-state index contributed by atoms with van der Waals surface area (Å²) in [5, 5.41) is 26.8. The van der Waals surface area contributed by atoms with Gasteiger partial charge in [-0.3, -0.25) is 30.0 Å². The average Bonchev–Trinajstić information content (AvgIpc) is 2.68. The molecule has 1 aliphatic heterocycles. The first-order valence-corrected chi connectivity index (χ1v) is 11.4. The lowest BCUT2D eigenvalue weighted by molar-refractivity contribution is -0.245. The van der Waals surface area contributed by atoms with Crippen LogP contribution in [0.15, 0.2) is 0 Å². The number of carboxylic acid groups (broad SMARTS) is 1. The zero-order chi connectivity index (χ0) is 23.1. The Morgan fingerprint density at radius 3 is 1.61 bits per heavy atom. The fourth-order valence-electron chi connectivity index (χ4n) is 4.01. The van der Waals surface area contributed by atoms with Crippen LogP contribution in [0.2, 0.25) is 0 Å². The van der Waals surface area contributed by atoms with E-state index in [0.717, 1.165) is 65.2 Å². The van der Waals surface area contributed by atoms with Crippen LogP contribution in [0.25, 0.3) is 0 Å². The normalized spacial score (nSPS) is 20.5. The third-order valence-corrected chi connectivity index (χ3v) is 5.42. The van der Waals surface area contributed by atoms with E-state index < -0.39 is 5.97 Å². The highest BCUT2D eigenvalue weighted by Gasteiger charge is 2.19. The minimum Gasteiger partial charge on any atom is -0.480 e. The van der Waals surface area contributed by atoms with Gasteiger partial charge in [0, 0.05) is 52.4 Å². The highest BCUT2D eigenvalue weighted by Crippen LogP contribution is 2.15. The third kappa shape index (κ3) is 14.8. The lowest BCUT2D eigenvalue weighted by Gasteiger charge is -2.34. The molecule has 0 saturated carbocycles. The van der Waals surface area contributed by atoms with Gasteiger partial charge in [-0.05, 0) is 37.9 Å². The van der Waals surface area contributed by atoms with Crippen LogP contribution in [0.3, 0.4) is 0 Å². The molecule has 10 nitrogen and oxygen atoms in total. The van der Waals surface area contributed by atoms with Crippen molar-refractivity contribution in [1.82, 2.24) is 19.6 Å². The fourth-order valence-corrected chi connectivity index (χ4v) is 4.01. The summed E-state index contributed by atoms with van der Waals surface area (Å²) in [5.41, 5.74) is 0.169. The highest BCUT2D eigenvalue weighted by molar-refractivity contribution is 5.69. The van der Waals surface area contributed by atoms with Crippen molar-refractivity contribution >= 4 is 5.97 Å². The van der Waals surface area contributed by atoms with Crippen molar-refractivity contribution in [1.29, 1.82) is 0 Å². The number of carbonyl (C=O) groups is 1. The molecule has 1 aliphatic rings. The molecule has 1 heterocycles. The fraction of sp³-hybridized carbons (Fsp3) is 0.952. The minimum absolute atomic E-state index is 0.0536. The monoisotopic (exact) mass is 448 g/mol. The van der Waals surface area contributed by atoms with E-state index in [-0.39, 0.29) is 25.2 Å². The molecular formula is C21H44N4O6. The number of rotatable bonds is 9. The van der Waals surface area contributed by atoms with Crippen LogP contribution in [0.4, 0.5) is 0 Å². The molecule has 0 radical (unpaired) electrons. The number of carboxylic acids is 1. The van der Waals surface area contributed by atoms with E-state index >= 15 is 0 Å². The van der Waals surface area contributed by atoms with Gasteiger partial charge in [-0.2, -0.15) is 0 Å². The SMILES string of the molecule is CC(C)(C)CN1CCCN(CCOO)CCN(CCOO)CCCN(CC(=O)O)CC1. The molecule has 1 fully saturated rings. The molecule has 0 aromatic rings. The van der Waals surface area contributed by atoms with Gasteiger partial charge in [-0.1, -0.05) is 20.8 Å². The van der Waals surface area contributed by atoms with Crippen molar-refractivity contribution in [3.63, 3.8) is 0 Å². The van der Waals surface area contributed by atoms with Crippen LogP contribution in [0.1, 0.15) is 33.6 Å². The zero-order valence-corrected chi connectivity index (χ0v) is 19.7. The first kappa shape index (κ1) is 28.2. The van der Waals surface area contributed by atoms with Gasteiger partial charge in [-0.25, -0.2) is 9.78 Å². The Hall–Kier alpha value is -0.850. The number of hydrogen-bond donors (Lipinski definition) is 3. The molecule has 0 bridgehead atoms. The van der Waals surface area contributed by atoms with Gasteiger partial charge in [0.25, 0.3) is 0 Å². The topological polar surface area (TPSA) is 109 Å². The van der Waals surface area contributed by atoms with Crippen molar-refractivity contribution in [2.45, 2.75) is 33.6 Å². The molecule has 0 amide bonds. The van der Waals surface area contributed by atoms with E-state index in [9.17, 15) is 9.90 Å². The van der Waals surface area contributed by atoms with E-state index in [4.69, 9.17) is 10.5 Å². The summed E-state index contributed by atoms with van der Waals surface area (Å²) < 4.78 is 0. The predicted molar refractivity (Wildman–Crippen MR) is 119 cm³/mol. The summed E-state index contributed by atoms with van der Waals surface area (Å²) in [6.45, 7) is 16.0. The van der Waals surface area contributed by atoms with Crippen molar-refractivity contribution in [3.8, 4) is 0 Å².